The van der Waals surface area contributed by atoms with Crippen LogP contribution in [0.2, 0.25) is 0 Å². The highest BCUT2D eigenvalue weighted by Crippen LogP contribution is 2.32. The van der Waals surface area contributed by atoms with Crippen molar-refractivity contribution in [1.82, 2.24) is 14.7 Å². The van der Waals surface area contributed by atoms with Crippen molar-refractivity contribution in [2.75, 3.05) is 5.75 Å². The van der Waals surface area contributed by atoms with E-state index in [1.165, 1.54) is 6.07 Å². The smallest absolute Gasteiger partial charge is 0.212 e. The summed E-state index contributed by atoms with van der Waals surface area (Å²) in [4.78, 5) is 6.97. The highest BCUT2D eigenvalue weighted by Gasteiger charge is 2.23. The Morgan fingerprint density at radius 2 is 2.20 bits per heavy atom. The fraction of sp³-hybridized carbons (Fsp3) is 0.462. The largest absolute Gasteiger partial charge is 0.341 e. The second-order valence-corrected chi connectivity index (χ2v) is 7.12. The number of hydrogen-bond acceptors (Lipinski definition) is 3. The molecule has 108 valence electrons. The maximum atomic E-state index is 13.5. The Bertz CT molecular complexity index is 722. The zero-order valence-electron chi connectivity index (χ0n) is 10.9. The monoisotopic (exact) mass is 297 g/mol. The van der Waals surface area contributed by atoms with Crippen LogP contribution >= 0.6 is 0 Å². The summed E-state index contributed by atoms with van der Waals surface area (Å²) in [7, 11) is -3.29. The third kappa shape index (κ3) is 3.16. The molecule has 1 saturated carbocycles. The van der Waals surface area contributed by atoms with Gasteiger partial charge in [0.1, 0.15) is 11.3 Å². The quantitative estimate of drug-likeness (QED) is 0.855. The van der Waals surface area contributed by atoms with E-state index in [2.05, 4.69) is 14.7 Å². The minimum absolute atomic E-state index is 0.0567. The van der Waals surface area contributed by atoms with E-state index in [9.17, 15) is 12.8 Å². The van der Waals surface area contributed by atoms with Crippen molar-refractivity contribution in [3.05, 3.63) is 29.8 Å². The molecular formula is C13H16FN3O2S. The number of H-pyrrole nitrogens is 1. The molecule has 2 aromatic rings. The molecule has 7 heteroatoms. The molecule has 1 aromatic carbocycles. The maximum Gasteiger partial charge on any atom is 0.212 e. The van der Waals surface area contributed by atoms with Gasteiger partial charge in [-0.25, -0.2) is 22.5 Å². The molecule has 1 fully saturated rings. The summed E-state index contributed by atoms with van der Waals surface area (Å²) in [5.74, 6) is 0.722. The maximum absolute atomic E-state index is 13.5. The molecular weight excluding hydrogens is 281 g/mol. The van der Waals surface area contributed by atoms with Gasteiger partial charge in [-0.05, 0) is 24.5 Å². The van der Waals surface area contributed by atoms with Crippen LogP contribution < -0.4 is 4.72 Å². The van der Waals surface area contributed by atoms with Crippen LogP contribution in [-0.4, -0.2) is 24.1 Å². The Kier molecular flexibility index (Phi) is 3.47. The molecule has 0 radical (unpaired) electrons. The lowest BCUT2D eigenvalue weighted by Gasteiger charge is -2.04. The summed E-state index contributed by atoms with van der Waals surface area (Å²) in [6.07, 6.45) is 2.99. The fourth-order valence-corrected chi connectivity index (χ4v) is 3.26. The van der Waals surface area contributed by atoms with Crippen molar-refractivity contribution in [3.63, 3.8) is 0 Å². The number of hydrogen-bond donors (Lipinski definition) is 2. The van der Waals surface area contributed by atoms with Crippen molar-refractivity contribution in [2.45, 2.75) is 25.8 Å². The molecule has 20 heavy (non-hydrogen) atoms. The molecule has 1 aliphatic carbocycles. The van der Waals surface area contributed by atoms with Crippen LogP contribution in [0.1, 0.15) is 25.1 Å². The number of benzene rings is 1. The van der Waals surface area contributed by atoms with Crippen molar-refractivity contribution < 1.29 is 12.8 Å². The first-order valence-corrected chi connectivity index (χ1v) is 8.29. The molecule has 3 rings (SSSR count). The lowest BCUT2D eigenvalue weighted by atomic mass is 10.3. The van der Waals surface area contributed by atoms with Crippen molar-refractivity contribution >= 4 is 21.1 Å². The minimum atomic E-state index is -3.29. The van der Waals surface area contributed by atoms with Crippen molar-refractivity contribution in [2.24, 2.45) is 5.92 Å². The SMILES string of the molecule is O=S(=O)(CCC1CC1)NCc1nc2c(F)cccc2[nH]1. The number of rotatable bonds is 6. The average Bonchev–Trinajstić information content (AvgIpc) is 3.13. The van der Waals surface area contributed by atoms with Crippen LogP contribution in [-0.2, 0) is 16.6 Å². The molecule has 0 unspecified atom stereocenters. The molecule has 2 N–H and O–H groups in total. The van der Waals surface area contributed by atoms with Gasteiger partial charge < -0.3 is 4.98 Å². The van der Waals surface area contributed by atoms with Crippen LogP contribution in [0.5, 0.6) is 0 Å². The molecule has 0 saturated heterocycles. The summed E-state index contributed by atoms with van der Waals surface area (Å²) in [6.45, 7) is 0.0567. The van der Waals surface area contributed by atoms with Crippen LogP contribution in [0.3, 0.4) is 0 Å². The van der Waals surface area contributed by atoms with Gasteiger partial charge in [-0.1, -0.05) is 18.9 Å². The highest BCUT2D eigenvalue weighted by atomic mass is 32.2. The highest BCUT2D eigenvalue weighted by molar-refractivity contribution is 7.89. The predicted molar refractivity (Wildman–Crippen MR) is 74.0 cm³/mol. The third-order valence-corrected chi connectivity index (χ3v) is 4.82. The molecule has 5 nitrogen and oxygen atoms in total. The van der Waals surface area contributed by atoms with Crippen LogP contribution in [0.15, 0.2) is 18.2 Å². The third-order valence-electron chi connectivity index (χ3n) is 3.46. The number of nitrogens with zero attached hydrogens (tertiary/aromatic N) is 1. The van der Waals surface area contributed by atoms with E-state index < -0.39 is 15.8 Å². The summed E-state index contributed by atoms with van der Waals surface area (Å²) >= 11 is 0. The van der Waals surface area contributed by atoms with E-state index in [0.29, 0.717) is 23.7 Å². The number of imidazole rings is 1. The number of nitrogens with one attached hydrogen (secondary N) is 2. The number of para-hydroxylation sites is 1. The Balaban J connectivity index is 1.65. The first kappa shape index (κ1) is 13.5. The zero-order chi connectivity index (χ0) is 14.2. The fourth-order valence-electron chi connectivity index (χ4n) is 2.11. The summed E-state index contributed by atoms with van der Waals surface area (Å²) < 4.78 is 39.5. The Hall–Kier alpha value is -1.47. The standard InChI is InChI=1S/C13H16FN3O2S/c14-10-2-1-3-11-13(10)17-12(16-11)8-15-20(18,19)7-6-9-4-5-9/h1-3,9,15H,4-8H2,(H,16,17). The molecule has 0 bridgehead atoms. The number of aromatic nitrogens is 2. The van der Waals surface area contributed by atoms with Gasteiger partial charge in [-0.15, -0.1) is 0 Å². The van der Waals surface area contributed by atoms with E-state index in [0.717, 1.165) is 12.8 Å². The minimum Gasteiger partial charge on any atom is -0.341 e. The second-order valence-electron chi connectivity index (χ2n) is 5.19. The van der Waals surface area contributed by atoms with Gasteiger partial charge >= 0.3 is 0 Å². The van der Waals surface area contributed by atoms with E-state index in [-0.39, 0.29) is 17.8 Å². The van der Waals surface area contributed by atoms with Crippen LogP contribution in [0, 0.1) is 11.7 Å². The number of halogens is 1. The van der Waals surface area contributed by atoms with Crippen molar-refractivity contribution in [1.29, 1.82) is 0 Å². The van der Waals surface area contributed by atoms with E-state index in [4.69, 9.17) is 0 Å². The average molecular weight is 297 g/mol. The Morgan fingerprint density at radius 1 is 1.40 bits per heavy atom. The molecule has 1 heterocycles. The van der Waals surface area contributed by atoms with Gasteiger partial charge in [0.2, 0.25) is 10.0 Å². The number of fused-ring (bicyclic) bond motifs is 1. The molecule has 0 atom stereocenters. The molecule has 0 spiro atoms. The first-order valence-electron chi connectivity index (χ1n) is 6.64. The summed E-state index contributed by atoms with van der Waals surface area (Å²) in [5.41, 5.74) is 0.803. The Morgan fingerprint density at radius 3 is 2.90 bits per heavy atom. The summed E-state index contributed by atoms with van der Waals surface area (Å²) in [6, 6.07) is 4.61. The molecule has 0 amide bonds. The van der Waals surface area contributed by atoms with Gasteiger partial charge in [-0.3, -0.25) is 0 Å². The van der Waals surface area contributed by atoms with Crippen LogP contribution in [0.4, 0.5) is 4.39 Å². The van der Waals surface area contributed by atoms with Gasteiger partial charge in [0.25, 0.3) is 0 Å². The number of sulfonamides is 1. The zero-order valence-corrected chi connectivity index (χ0v) is 11.7. The van der Waals surface area contributed by atoms with Gasteiger partial charge in [0.05, 0.1) is 17.8 Å². The Labute approximate surface area is 116 Å². The first-order chi connectivity index (χ1) is 9.53. The molecule has 1 aliphatic rings. The van der Waals surface area contributed by atoms with Crippen molar-refractivity contribution in [3.8, 4) is 0 Å². The van der Waals surface area contributed by atoms with E-state index in [1.54, 1.807) is 12.1 Å². The van der Waals surface area contributed by atoms with E-state index >= 15 is 0 Å². The van der Waals surface area contributed by atoms with Gasteiger partial charge in [0.15, 0.2) is 5.82 Å². The predicted octanol–water partition coefficient (Wildman–Crippen LogP) is 1.92. The van der Waals surface area contributed by atoms with Gasteiger partial charge in [-0.2, -0.15) is 0 Å². The topological polar surface area (TPSA) is 74.8 Å². The van der Waals surface area contributed by atoms with Crippen LogP contribution in [0.25, 0.3) is 11.0 Å². The molecule has 1 aromatic heterocycles. The second kappa shape index (κ2) is 5.14. The lowest BCUT2D eigenvalue weighted by molar-refractivity contribution is 0.574. The lowest BCUT2D eigenvalue weighted by Crippen LogP contribution is -2.26. The summed E-state index contributed by atoms with van der Waals surface area (Å²) in [5, 5.41) is 0. The normalized spacial score (nSPS) is 15.8. The van der Waals surface area contributed by atoms with E-state index in [1.807, 2.05) is 0 Å². The molecule has 0 aliphatic heterocycles. The van der Waals surface area contributed by atoms with Gasteiger partial charge in [0, 0.05) is 0 Å². The number of aromatic amines is 1.